The topological polar surface area (TPSA) is 72.6 Å². The second kappa shape index (κ2) is 6.94. The summed E-state index contributed by atoms with van der Waals surface area (Å²) in [6.45, 7) is 1.68. The second-order valence-electron chi connectivity index (χ2n) is 6.30. The molecule has 1 heterocycles. The van der Waals surface area contributed by atoms with Gasteiger partial charge in [-0.2, -0.15) is 13.2 Å². The van der Waals surface area contributed by atoms with E-state index in [1.54, 1.807) is 37.3 Å². The first-order chi connectivity index (χ1) is 12.7. The molecule has 27 heavy (non-hydrogen) atoms. The number of nitrogens with two attached hydrogens (primary N) is 1. The minimum atomic E-state index is -4.54. The van der Waals surface area contributed by atoms with E-state index in [2.05, 4.69) is 0 Å². The fraction of sp³-hybridized carbons (Fsp3) is 0.263. The van der Waals surface area contributed by atoms with Crippen molar-refractivity contribution in [2.24, 2.45) is 0 Å². The van der Waals surface area contributed by atoms with Gasteiger partial charge in [0.2, 0.25) is 12.0 Å². The molecule has 2 aromatic rings. The van der Waals surface area contributed by atoms with E-state index in [4.69, 9.17) is 10.5 Å². The minimum Gasteiger partial charge on any atom is -0.433 e. The molecule has 1 saturated heterocycles. The van der Waals surface area contributed by atoms with Crippen molar-refractivity contribution < 1.29 is 27.5 Å². The SMILES string of the molecule is C[C@H]1CC(=O)O[C@@H](C(=O)c2ccccc2)N1c1ccc(C(F)(F)F)cc1N. The first-order valence-corrected chi connectivity index (χ1v) is 8.22. The van der Waals surface area contributed by atoms with Crippen LogP contribution in [0.25, 0.3) is 0 Å². The van der Waals surface area contributed by atoms with Crippen molar-refractivity contribution in [3.05, 3.63) is 59.7 Å². The van der Waals surface area contributed by atoms with Crippen LogP contribution in [-0.2, 0) is 15.7 Å². The van der Waals surface area contributed by atoms with E-state index < -0.39 is 35.8 Å². The van der Waals surface area contributed by atoms with Gasteiger partial charge in [-0.3, -0.25) is 9.59 Å². The van der Waals surface area contributed by atoms with Crippen LogP contribution in [0.1, 0.15) is 29.3 Å². The molecule has 0 saturated carbocycles. The second-order valence-corrected chi connectivity index (χ2v) is 6.30. The van der Waals surface area contributed by atoms with Crippen LogP contribution in [0.5, 0.6) is 0 Å². The standard InChI is InChI=1S/C19H17F3N2O3/c1-11-9-16(25)27-18(17(26)12-5-3-2-4-6-12)24(11)15-8-7-13(10-14(15)23)19(20,21)22/h2-8,10-11,18H,9,23H2,1H3/t11-,18-/m0/s1. The Labute approximate surface area is 153 Å². The fourth-order valence-corrected chi connectivity index (χ4v) is 3.05. The summed E-state index contributed by atoms with van der Waals surface area (Å²) in [5.41, 5.74) is 5.33. The highest BCUT2D eigenvalue weighted by molar-refractivity contribution is 6.03. The molecular weight excluding hydrogens is 361 g/mol. The van der Waals surface area contributed by atoms with Crippen LogP contribution >= 0.6 is 0 Å². The molecule has 2 N–H and O–H groups in total. The van der Waals surface area contributed by atoms with Gasteiger partial charge >= 0.3 is 12.1 Å². The minimum absolute atomic E-state index is 0.0148. The highest BCUT2D eigenvalue weighted by Crippen LogP contribution is 2.37. The van der Waals surface area contributed by atoms with Gasteiger partial charge in [0, 0.05) is 11.6 Å². The summed E-state index contributed by atoms with van der Waals surface area (Å²) < 4.78 is 44.0. The number of nitrogen functional groups attached to an aromatic ring is 1. The number of Topliss-reactive ketones (excluding diaryl/α,β-unsaturated/α-hetero) is 1. The van der Waals surface area contributed by atoms with Gasteiger partial charge in [0.15, 0.2) is 0 Å². The zero-order valence-electron chi connectivity index (χ0n) is 14.4. The lowest BCUT2D eigenvalue weighted by Gasteiger charge is -2.40. The Kier molecular flexibility index (Phi) is 4.82. The maximum absolute atomic E-state index is 12.9. The van der Waals surface area contributed by atoms with E-state index in [0.717, 1.165) is 12.1 Å². The molecule has 0 bridgehead atoms. The molecule has 5 nitrogen and oxygen atoms in total. The number of benzene rings is 2. The number of hydrogen-bond donors (Lipinski definition) is 1. The molecule has 0 radical (unpaired) electrons. The Bertz CT molecular complexity index is 868. The molecule has 142 valence electrons. The molecule has 1 fully saturated rings. The van der Waals surface area contributed by atoms with Crippen molar-refractivity contribution in [3.63, 3.8) is 0 Å². The molecule has 1 aliphatic rings. The molecule has 1 aliphatic heterocycles. The molecular formula is C19H17F3N2O3. The van der Waals surface area contributed by atoms with Crippen molar-refractivity contribution in [2.75, 3.05) is 10.6 Å². The quantitative estimate of drug-likeness (QED) is 0.502. The van der Waals surface area contributed by atoms with Crippen LogP contribution in [-0.4, -0.2) is 24.0 Å². The van der Waals surface area contributed by atoms with Crippen LogP contribution in [0, 0.1) is 0 Å². The summed E-state index contributed by atoms with van der Waals surface area (Å²) in [4.78, 5) is 26.2. The van der Waals surface area contributed by atoms with Crippen molar-refractivity contribution in [2.45, 2.75) is 31.8 Å². The molecule has 0 aliphatic carbocycles. The lowest BCUT2D eigenvalue weighted by molar-refractivity contribution is -0.151. The number of carbonyl (C=O) groups is 2. The number of alkyl halides is 3. The number of cyclic esters (lactones) is 1. The van der Waals surface area contributed by atoms with E-state index in [-0.39, 0.29) is 17.8 Å². The van der Waals surface area contributed by atoms with Crippen LogP contribution in [0.2, 0.25) is 0 Å². The largest absolute Gasteiger partial charge is 0.433 e. The molecule has 8 heteroatoms. The zero-order chi connectivity index (χ0) is 19.8. The number of esters is 1. The highest BCUT2D eigenvalue weighted by Gasteiger charge is 2.40. The monoisotopic (exact) mass is 378 g/mol. The van der Waals surface area contributed by atoms with E-state index in [1.165, 1.54) is 11.0 Å². The molecule has 2 aromatic carbocycles. The normalized spacial score (nSPS) is 20.3. The predicted octanol–water partition coefficient (Wildman–Crippen LogP) is 3.64. The summed E-state index contributed by atoms with van der Waals surface area (Å²) in [5, 5.41) is 0. The van der Waals surface area contributed by atoms with Crippen molar-refractivity contribution >= 4 is 23.1 Å². The number of halogens is 3. The number of anilines is 2. The maximum atomic E-state index is 12.9. The van der Waals surface area contributed by atoms with Crippen molar-refractivity contribution in [1.82, 2.24) is 0 Å². The Morgan fingerprint density at radius 2 is 1.85 bits per heavy atom. The Morgan fingerprint density at radius 3 is 2.44 bits per heavy atom. The van der Waals surface area contributed by atoms with Crippen LogP contribution < -0.4 is 10.6 Å². The smallest absolute Gasteiger partial charge is 0.416 e. The summed E-state index contributed by atoms with van der Waals surface area (Å²) in [6.07, 6.45) is -5.85. The molecule has 0 spiro atoms. The highest BCUT2D eigenvalue weighted by atomic mass is 19.4. The van der Waals surface area contributed by atoms with Gasteiger partial charge in [0.1, 0.15) is 0 Å². The Hall–Kier alpha value is -3.03. The first kappa shape index (κ1) is 18.8. The number of carbonyl (C=O) groups excluding carboxylic acids is 2. The van der Waals surface area contributed by atoms with Gasteiger partial charge in [-0.15, -0.1) is 0 Å². The van der Waals surface area contributed by atoms with Gasteiger partial charge in [-0.05, 0) is 25.1 Å². The lowest BCUT2D eigenvalue weighted by atomic mass is 10.0. The molecule has 2 atom stereocenters. The number of rotatable bonds is 3. The average Bonchev–Trinajstić information content (AvgIpc) is 2.61. The Balaban J connectivity index is 2.02. The number of hydrogen-bond acceptors (Lipinski definition) is 5. The van der Waals surface area contributed by atoms with Gasteiger partial charge in [-0.25, -0.2) is 0 Å². The number of nitrogens with zero attached hydrogens (tertiary/aromatic N) is 1. The van der Waals surface area contributed by atoms with Crippen molar-refractivity contribution in [1.29, 1.82) is 0 Å². The number of ketones is 1. The van der Waals surface area contributed by atoms with E-state index in [0.29, 0.717) is 5.56 Å². The van der Waals surface area contributed by atoms with E-state index in [9.17, 15) is 22.8 Å². The summed E-state index contributed by atoms with van der Waals surface area (Å²) in [5.74, 6) is -1.03. The maximum Gasteiger partial charge on any atom is 0.416 e. The molecule has 0 amide bonds. The summed E-state index contributed by atoms with van der Waals surface area (Å²) in [7, 11) is 0. The zero-order valence-corrected chi connectivity index (χ0v) is 14.4. The average molecular weight is 378 g/mol. The third kappa shape index (κ3) is 3.74. The summed E-state index contributed by atoms with van der Waals surface area (Å²) >= 11 is 0. The van der Waals surface area contributed by atoms with E-state index >= 15 is 0 Å². The van der Waals surface area contributed by atoms with Crippen LogP contribution in [0.3, 0.4) is 0 Å². The fourth-order valence-electron chi connectivity index (χ4n) is 3.05. The van der Waals surface area contributed by atoms with Crippen LogP contribution in [0.15, 0.2) is 48.5 Å². The van der Waals surface area contributed by atoms with E-state index in [1.807, 2.05) is 0 Å². The molecule has 0 unspecified atom stereocenters. The Morgan fingerprint density at radius 1 is 1.19 bits per heavy atom. The van der Waals surface area contributed by atoms with Crippen LogP contribution in [0.4, 0.5) is 24.5 Å². The predicted molar refractivity (Wildman–Crippen MR) is 93.1 cm³/mol. The third-order valence-electron chi connectivity index (χ3n) is 4.35. The van der Waals surface area contributed by atoms with Gasteiger partial charge < -0.3 is 15.4 Å². The first-order valence-electron chi connectivity index (χ1n) is 8.22. The van der Waals surface area contributed by atoms with Gasteiger partial charge in [0.05, 0.1) is 23.4 Å². The van der Waals surface area contributed by atoms with Gasteiger partial charge in [-0.1, -0.05) is 30.3 Å². The molecule has 3 rings (SSSR count). The third-order valence-corrected chi connectivity index (χ3v) is 4.35. The van der Waals surface area contributed by atoms with Gasteiger partial charge in [0.25, 0.3) is 0 Å². The lowest BCUT2D eigenvalue weighted by Crippen LogP contribution is -2.54. The number of ether oxygens (including phenoxy) is 1. The molecule has 0 aromatic heterocycles. The van der Waals surface area contributed by atoms with Crippen molar-refractivity contribution in [3.8, 4) is 0 Å². The summed E-state index contributed by atoms with van der Waals surface area (Å²) in [6, 6.07) is 10.6.